The van der Waals surface area contributed by atoms with Gasteiger partial charge in [0.25, 0.3) is 0 Å². The van der Waals surface area contributed by atoms with E-state index in [1.54, 1.807) is 0 Å². The lowest BCUT2D eigenvalue weighted by molar-refractivity contribution is -0.140. The Bertz CT molecular complexity index is 209. The largest absolute Gasteiger partial charge is 0.469 e. The van der Waals surface area contributed by atoms with E-state index in [2.05, 4.69) is 22.0 Å². The smallest absolute Gasteiger partial charge is 0.306 e. The van der Waals surface area contributed by atoms with Gasteiger partial charge in [0, 0.05) is 12.6 Å². The monoisotopic (exact) mass is 228 g/mol. The summed E-state index contributed by atoms with van der Waals surface area (Å²) in [6.45, 7) is 2.95. The zero-order valence-corrected chi connectivity index (χ0v) is 10.5. The van der Waals surface area contributed by atoms with Gasteiger partial charge < -0.3 is 15.0 Å². The molecule has 0 saturated carbocycles. The van der Waals surface area contributed by atoms with Gasteiger partial charge >= 0.3 is 5.97 Å². The number of nitrogens with zero attached hydrogens (tertiary/aromatic N) is 1. The van der Waals surface area contributed by atoms with Crippen molar-refractivity contribution in [2.24, 2.45) is 0 Å². The molecule has 0 spiro atoms. The number of carbonyl (C=O) groups excluding carboxylic acids is 1. The van der Waals surface area contributed by atoms with Gasteiger partial charge in [0.2, 0.25) is 0 Å². The van der Waals surface area contributed by atoms with Crippen molar-refractivity contribution in [2.45, 2.75) is 38.1 Å². The average Bonchev–Trinajstić information content (AvgIpc) is 2.30. The molecule has 1 saturated heterocycles. The second-order valence-corrected chi connectivity index (χ2v) is 4.50. The summed E-state index contributed by atoms with van der Waals surface area (Å²) in [4.78, 5) is 13.3. The number of rotatable bonds is 6. The van der Waals surface area contributed by atoms with Crippen LogP contribution in [0.15, 0.2) is 0 Å². The van der Waals surface area contributed by atoms with Crippen molar-refractivity contribution in [3.05, 3.63) is 0 Å². The van der Waals surface area contributed by atoms with Crippen molar-refractivity contribution in [3.63, 3.8) is 0 Å². The Kier molecular flexibility index (Phi) is 6.42. The zero-order valence-electron chi connectivity index (χ0n) is 10.5. The second kappa shape index (κ2) is 7.63. The van der Waals surface area contributed by atoms with E-state index < -0.39 is 0 Å². The molecule has 1 atom stereocenters. The molecule has 0 radical (unpaired) electrons. The number of nitrogens with one attached hydrogen (secondary N) is 1. The summed E-state index contributed by atoms with van der Waals surface area (Å²) in [5, 5.41) is 3.29. The molecule has 1 unspecified atom stereocenters. The van der Waals surface area contributed by atoms with Crippen molar-refractivity contribution < 1.29 is 9.53 Å². The maximum Gasteiger partial charge on any atom is 0.306 e. The van der Waals surface area contributed by atoms with Crippen LogP contribution in [-0.2, 0) is 9.53 Å². The van der Waals surface area contributed by atoms with Crippen LogP contribution >= 0.6 is 0 Å². The van der Waals surface area contributed by atoms with E-state index in [1.807, 2.05) is 0 Å². The molecule has 1 N–H and O–H groups in total. The fourth-order valence-electron chi connectivity index (χ4n) is 2.20. The lowest BCUT2D eigenvalue weighted by Crippen LogP contribution is -2.38. The molecule has 1 fully saturated rings. The molecular formula is C12H24N2O2. The van der Waals surface area contributed by atoms with Crippen LogP contribution in [0.1, 0.15) is 32.1 Å². The van der Waals surface area contributed by atoms with Crippen molar-refractivity contribution >= 4 is 5.97 Å². The first-order valence-electron chi connectivity index (χ1n) is 6.22. The van der Waals surface area contributed by atoms with Crippen molar-refractivity contribution in [1.29, 1.82) is 0 Å². The molecule has 16 heavy (non-hydrogen) atoms. The van der Waals surface area contributed by atoms with Gasteiger partial charge in [-0.15, -0.1) is 0 Å². The maximum absolute atomic E-state index is 10.9. The Balaban J connectivity index is 1.99. The standard InChI is InChI=1S/C12H24N2O2/c1-14-10-4-3-5-11(14)6-8-13-9-7-12(15)16-2/h11,13H,3-10H2,1-2H3. The number of hydrogen-bond donors (Lipinski definition) is 1. The van der Waals surface area contributed by atoms with E-state index in [1.165, 1.54) is 39.3 Å². The van der Waals surface area contributed by atoms with E-state index >= 15 is 0 Å². The molecule has 1 rings (SSSR count). The molecule has 0 aromatic carbocycles. The van der Waals surface area contributed by atoms with Gasteiger partial charge in [-0.05, 0) is 39.4 Å². The fourth-order valence-corrected chi connectivity index (χ4v) is 2.20. The SMILES string of the molecule is COC(=O)CCNCCC1CCCCN1C. The molecule has 0 aromatic heterocycles. The van der Waals surface area contributed by atoms with Crippen LogP contribution in [0.3, 0.4) is 0 Å². The Morgan fingerprint density at radius 2 is 2.25 bits per heavy atom. The lowest BCUT2D eigenvalue weighted by Gasteiger charge is -2.32. The van der Waals surface area contributed by atoms with Gasteiger partial charge in [0.05, 0.1) is 13.5 Å². The highest BCUT2D eigenvalue weighted by atomic mass is 16.5. The van der Waals surface area contributed by atoms with E-state index in [4.69, 9.17) is 0 Å². The first-order valence-corrected chi connectivity index (χ1v) is 6.22. The molecule has 1 aliphatic rings. The summed E-state index contributed by atoms with van der Waals surface area (Å²) < 4.78 is 4.58. The molecule has 4 heteroatoms. The predicted octanol–water partition coefficient (Wildman–Crippen LogP) is 1.01. The topological polar surface area (TPSA) is 41.6 Å². The van der Waals surface area contributed by atoms with Crippen LogP contribution in [0.4, 0.5) is 0 Å². The van der Waals surface area contributed by atoms with Gasteiger partial charge in [-0.25, -0.2) is 0 Å². The number of ether oxygens (including phenoxy) is 1. The van der Waals surface area contributed by atoms with Crippen LogP contribution < -0.4 is 5.32 Å². The van der Waals surface area contributed by atoms with Crippen molar-refractivity contribution in [2.75, 3.05) is 33.8 Å². The first kappa shape index (κ1) is 13.5. The number of likely N-dealkylation sites (tertiary alicyclic amines) is 1. The molecule has 94 valence electrons. The number of piperidine rings is 1. The summed E-state index contributed by atoms with van der Waals surface area (Å²) in [5.41, 5.74) is 0. The summed E-state index contributed by atoms with van der Waals surface area (Å²) >= 11 is 0. The molecule has 0 amide bonds. The quantitative estimate of drug-likeness (QED) is 0.544. The summed E-state index contributed by atoms with van der Waals surface area (Å²) in [6, 6.07) is 0.722. The van der Waals surface area contributed by atoms with E-state index in [9.17, 15) is 4.79 Å². The lowest BCUT2D eigenvalue weighted by atomic mass is 10.0. The third kappa shape index (κ3) is 4.94. The van der Waals surface area contributed by atoms with Gasteiger partial charge in [0.15, 0.2) is 0 Å². The maximum atomic E-state index is 10.9. The number of methoxy groups -OCH3 is 1. The average molecular weight is 228 g/mol. The highest BCUT2D eigenvalue weighted by molar-refractivity contribution is 5.69. The van der Waals surface area contributed by atoms with E-state index in [0.29, 0.717) is 6.42 Å². The molecule has 1 aliphatic heterocycles. The molecule has 1 heterocycles. The van der Waals surface area contributed by atoms with Crippen LogP contribution in [0, 0.1) is 0 Å². The third-order valence-corrected chi connectivity index (χ3v) is 3.31. The normalized spacial score (nSPS) is 22.0. The van der Waals surface area contributed by atoms with E-state index in [0.717, 1.165) is 19.1 Å². The highest BCUT2D eigenvalue weighted by Crippen LogP contribution is 2.16. The molecule has 0 aliphatic carbocycles. The molecule has 0 aromatic rings. The van der Waals surface area contributed by atoms with Gasteiger partial charge in [-0.3, -0.25) is 4.79 Å². The van der Waals surface area contributed by atoms with Crippen LogP contribution in [0.2, 0.25) is 0 Å². The predicted molar refractivity (Wildman–Crippen MR) is 64.4 cm³/mol. The minimum Gasteiger partial charge on any atom is -0.469 e. The second-order valence-electron chi connectivity index (χ2n) is 4.50. The molecular weight excluding hydrogens is 204 g/mol. The Morgan fingerprint density at radius 3 is 2.94 bits per heavy atom. The Labute approximate surface area is 98.3 Å². The summed E-state index contributed by atoms with van der Waals surface area (Å²) in [6.07, 6.45) is 5.66. The van der Waals surface area contributed by atoms with Crippen LogP contribution in [0.25, 0.3) is 0 Å². The first-order chi connectivity index (χ1) is 7.74. The van der Waals surface area contributed by atoms with Crippen molar-refractivity contribution in [3.8, 4) is 0 Å². The number of esters is 1. The van der Waals surface area contributed by atoms with Crippen LogP contribution in [0.5, 0.6) is 0 Å². The molecule has 0 bridgehead atoms. The zero-order chi connectivity index (χ0) is 11.8. The highest BCUT2D eigenvalue weighted by Gasteiger charge is 2.17. The number of hydrogen-bond acceptors (Lipinski definition) is 4. The van der Waals surface area contributed by atoms with Gasteiger partial charge in [-0.2, -0.15) is 0 Å². The fraction of sp³-hybridized carbons (Fsp3) is 0.917. The van der Waals surface area contributed by atoms with Gasteiger partial charge in [0.1, 0.15) is 0 Å². The van der Waals surface area contributed by atoms with E-state index in [-0.39, 0.29) is 5.97 Å². The minimum atomic E-state index is -0.137. The Hall–Kier alpha value is -0.610. The van der Waals surface area contributed by atoms with Crippen molar-refractivity contribution in [1.82, 2.24) is 10.2 Å². The molecule has 4 nitrogen and oxygen atoms in total. The van der Waals surface area contributed by atoms with Gasteiger partial charge in [-0.1, -0.05) is 6.42 Å². The Morgan fingerprint density at radius 1 is 1.44 bits per heavy atom. The summed E-state index contributed by atoms with van der Waals surface area (Å²) in [7, 11) is 3.64. The minimum absolute atomic E-state index is 0.137. The number of carbonyl (C=O) groups is 1. The van der Waals surface area contributed by atoms with Crippen LogP contribution in [-0.4, -0.2) is 50.7 Å². The third-order valence-electron chi connectivity index (χ3n) is 3.31. The summed E-state index contributed by atoms with van der Waals surface area (Å²) in [5.74, 6) is -0.137.